The van der Waals surface area contributed by atoms with Crippen LogP contribution in [0.4, 0.5) is 0 Å². The van der Waals surface area contributed by atoms with E-state index in [1.54, 1.807) is 0 Å². The van der Waals surface area contributed by atoms with Gasteiger partial charge >= 0.3 is 0 Å². The van der Waals surface area contributed by atoms with Crippen LogP contribution in [-0.4, -0.2) is 62.2 Å². The maximum atomic E-state index is 13.1. The van der Waals surface area contributed by atoms with Crippen molar-refractivity contribution in [3.63, 3.8) is 0 Å². The predicted octanol–water partition coefficient (Wildman–Crippen LogP) is 2.35. The molecule has 146 valence electrons. The highest BCUT2D eigenvalue weighted by molar-refractivity contribution is 7.98. The number of hydrogen-bond donors (Lipinski definition) is 1. The molecule has 0 aliphatic carbocycles. The summed E-state index contributed by atoms with van der Waals surface area (Å²) < 4.78 is 5.30. The highest BCUT2D eigenvalue weighted by Gasteiger charge is 2.24. The summed E-state index contributed by atoms with van der Waals surface area (Å²) in [5.41, 5.74) is 2.66. The lowest BCUT2D eigenvalue weighted by Crippen LogP contribution is -2.48. The largest absolute Gasteiger partial charge is 0.360 e. The number of rotatable bonds is 6. The van der Waals surface area contributed by atoms with E-state index in [1.165, 1.54) is 18.1 Å². The number of nitrogens with zero attached hydrogens (tertiary/aromatic N) is 5. The molecular formula is C19H22N6O2S. The van der Waals surface area contributed by atoms with Crippen molar-refractivity contribution in [3.8, 4) is 0 Å². The number of aryl methyl sites for hydroxylation is 1. The third-order valence-electron chi connectivity index (χ3n) is 4.72. The Hall–Kier alpha value is -2.65. The molecule has 0 bridgehead atoms. The van der Waals surface area contributed by atoms with Gasteiger partial charge in [0.05, 0.1) is 12.2 Å². The summed E-state index contributed by atoms with van der Waals surface area (Å²) in [7, 11) is 0. The molecule has 8 nitrogen and oxygen atoms in total. The molecule has 1 aliphatic heterocycles. The molecule has 1 aliphatic rings. The van der Waals surface area contributed by atoms with Gasteiger partial charge in [0.15, 0.2) is 10.9 Å². The Labute approximate surface area is 167 Å². The number of benzene rings is 1. The van der Waals surface area contributed by atoms with Crippen molar-refractivity contribution in [2.75, 3.05) is 26.2 Å². The van der Waals surface area contributed by atoms with Gasteiger partial charge in [-0.3, -0.25) is 14.8 Å². The molecule has 3 aromatic rings. The van der Waals surface area contributed by atoms with Crippen LogP contribution in [-0.2, 0) is 12.3 Å². The van der Waals surface area contributed by atoms with Crippen molar-refractivity contribution in [1.82, 2.24) is 30.1 Å². The Balaban J connectivity index is 1.36. The number of aromatic amines is 1. The molecule has 28 heavy (non-hydrogen) atoms. The molecular weight excluding hydrogens is 376 g/mol. The molecule has 1 fully saturated rings. The molecule has 0 atom stereocenters. The maximum Gasteiger partial charge on any atom is 0.254 e. The van der Waals surface area contributed by atoms with Gasteiger partial charge in [-0.1, -0.05) is 35.1 Å². The summed E-state index contributed by atoms with van der Waals surface area (Å²) >= 11 is 1.54. The van der Waals surface area contributed by atoms with Crippen molar-refractivity contribution in [1.29, 1.82) is 0 Å². The first-order valence-corrected chi connectivity index (χ1v) is 10.2. The number of amides is 1. The number of thioether (sulfide) groups is 1. The summed E-state index contributed by atoms with van der Waals surface area (Å²) in [5.74, 6) is 1.62. The van der Waals surface area contributed by atoms with Crippen LogP contribution in [0.2, 0.25) is 0 Å². The quantitative estimate of drug-likeness (QED) is 0.637. The second-order valence-electron chi connectivity index (χ2n) is 6.74. The Kier molecular flexibility index (Phi) is 5.73. The van der Waals surface area contributed by atoms with E-state index in [0.29, 0.717) is 18.8 Å². The predicted molar refractivity (Wildman–Crippen MR) is 105 cm³/mol. The summed E-state index contributed by atoms with van der Waals surface area (Å²) in [5, 5.41) is 11.4. The van der Waals surface area contributed by atoms with Crippen LogP contribution in [0.5, 0.6) is 0 Å². The van der Waals surface area contributed by atoms with Gasteiger partial charge in [-0.2, -0.15) is 5.10 Å². The molecule has 1 aromatic carbocycles. The van der Waals surface area contributed by atoms with E-state index in [1.807, 2.05) is 42.2 Å². The van der Waals surface area contributed by atoms with Gasteiger partial charge < -0.3 is 9.42 Å². The third kappa shape index (κ3) is 4.42. The van der Waals surface area contributed by atoms with Crippen LogP contribution >= 0.6 is 11.8 Å². The van der Waals surface area contributed by atoms with Gasteiger partial charge in [0.2, 0.25) is 0 Å². The van der Waals surface area contributed by atoms with Crippen LogP contribution in [0.3, 0.4) is 0 Å². The van der Waals surface area contributed by atoms with E-state index in [-0.39, 0.29) is 5.91 Å². The van der Waals surface area contributed by atoms with Gasteiger partial charge in [-0.15, -0.1) is 0 Å². The molecule has 4 rings (SSSR count). The Morgan fingerprint density at radius 3 is 2.79 bits per heavy atom. The van der Waals surface area contributed by atoms with Crippen molar-refractivity contribution in [2.24, 2.45) is 0 Å². The van der Waals surface area contributed by atoms with Crippen molar-refractivity contribution in [2.45, 2.75) is 24.4 Å². The van der Waals surface area contributed by atoms with Crippen LogP contribution in [0, 0.1) is 6.92 Å². The van der Waals surface area contributed by atoms with Crippen molar-refractivity contribution < 1.29 is 9.32 Å². The van der Waals surface area contributed by atoms with Gasteiger partial charge in [0, 0.05) is 43.6 Å². The lowest BCUT2D eigenvalue weighted by molar-refractivity contribution is 0.0616. The molecule has 2 aromatic heterocycles. The minimum Gasteiger partial charge on any atom is -0.360 e. The maximum absolute atomic E-state index is 13.1. The van der Waals surface area contributed by atoms with Crippen LogP contribution in [0.25, 0.3) is 0 Å². The van der Waals surface area contributed by atoms with E-state index in [4.69, 9.17) is 4.52 Å². The van der Waals surface area contributed by atoms with Crippen LogP contribution in [0.15, 0.2) is 46.3 Å². The molecule has 0 unspecified atom stereocenters. The molecule has 0 radical (unpaired) electrons. The molecule has 9 heteroatoms. The normalized spacial score (nSPS) is 15.1. The van der Waals surface area contributed by atoms with E-state index in [0.717, 1.165) is 47.4 Å². The molecule has 1 N–H and O–H groups in total. The van der Waals surface area contributed by atoms with E-state index in [2.05, 4.69) is 25.2 Å². The number of nitrogens with one attached hydrogen (secondary N) is 1. The van der Waals surface area contributed by atoms with E-state index >= 15 is 0 Å². The fourth-order valence-electron chi connectivity index (χ4n) is 3.26. The fraction of sp³-hybridized carbons (Fsp3) is 0.368. The first kappa shape index (κ1) is 18.7. The second-order valence-corrected chi connectivity index (χ2v) is 7.70. The molecule has 1 amide bonds. The zero-order valence-corrected chi connectivity index (χ0v) is 16.5. The van der Waals surface area contributed by atoms with Crippen LogP contribution < -0.4 is 0 Å². The third-order valence-corrected chi connectivity index (χ3v) is 5.65. The summed E-state index contributed by atoms with van der Waals surface area (Å²) in [6, 6.07) is 9.74. The van der Waals surface area contributed by atoms with Crippen molar-refractivity contribution >= 4 is 17.7 Å². The number of carbonyl (C=O) groups is 1. The van der Waals surface area contributed by atoms with Gasteiger partial charge in [0.1, 0.15) is 6.33 Å². The zero-order chi connectivity index (χ0) is 19.3. The van der Waals surface area contributed by atoms with Crippen molar-refractivity contribution in [3.05, 3.63) is 59.2 Å². The average Bonchev–Trinajstić information content (AvgIpc) is 3.38. The summed E-state index contributed by atoms with van der Waals surface area (Å²) in [4.78, 5) is 21.4. The highest BCUT2D eigenvalue weighted by Crippen LogP contribution is 2.22. The Bertz CT molecular complexity index is 918. The summed E-state index contributed by atoms with van der Waals surface area (Å²) in [6.45, 7) is 5.70. The minimum absolute atomic E-state index is 0.0870. The lowest BCUT2D eigenvalue weighted by Gasteiger charge is -2.34. The first-order chi connectivity index (χ1) is 13.7. The van der Waals surface area contributed by atoms with Gasteiger partial charge in [-0.25, -0.2) is 4.98 Å². The smallest absolute Gasteiger partial charge is 0.254 e. The van der Waals surface area contributed by atoms with E-state index in [9.17, 15) is 4.79 Å². The molecule has 0 spiro atoms. The van der Waals surface area contributed by atoms with Gasteiger partial charge in [0.25, 0.3) is 5.91 Å². The number of piperazine rings is 1. The highest BCUT2D eigenvalue weighted by atomic mass is 32.2. The SMILES string of the molecule is Cc1cc(CN2CCN(C(=O)c3ccccc3CSc3ncn[nH]3)CC2)on1. The standard InChI is InChI=1S/C19H22N6O2S/c1-14-10-16(27-23-14)11-24-6-8-25(9-7-24)18(26)17-5-3-2-4-15(17)12-28-19-20-13-21-22-19/h2-5,10,13H,6-9,11-12H2,1H3,(H,20,21,22). The topological polar surface area (TPSA) is 91.2 Å². The first-order valence-electron chi connectivity index (χ1n) is 9.19. The average molecular weight is 398 g/mol. The zero-order valence-electron chi connectivity index (χ0n) is 15.7. The number of hydrogen-bond acceptors (Lipinski definition) is 7. The summed E-state index contributed by atoms with van der Waals surface area (Å²) in [6.07, 6.45) is 1.49. The second kappa shape index (κ2) is 8.57. The number of aromatic nitrogens is 4. The van der Waals surface area contributed by atoms with E-state index < -0.39 is 0 Å². The lowest BCUT2D eigenvalue weighted by atomic mass is 10.1. The number of carbonyl (C=O) groups excluding carboxylic acids is 1. The Morgan fingerprint density at radius 2 is 2.07 bits per heavy atom. The van der Waals surface area contributed by atoms with Crippen LogP contribution in [0.1, 0.15) is 27.4 Å². The fourth-order valence-corrected chi connectivity index (χ4v) is 4.04. The minimum atomic E-state index is 0.0870. The van der Waals surface area contributed by atoms with Gasteiger partial charge in [-0.05, 0) is 18.6 Å². The monoisotopic (exact) mass is 398 g/mol. The molecule has 1 saturated heterocycles. The number of H-pyrrole nitrogens is 1. The molecule has 0 saturated carbocycles. The molecule has 3 heterocycles. The Morgan fingerprint density at radius 1 is 1.25 bits per heavy atom.